The van der Waals surface area contributed by atoms with Crippen LogP contribution in [-0.4, -0.2) is 23.0 Å². The molecule has 2 rings (SSSR count). The molecule has 7 heteroatoms. The molecule has 0 aliphatic rings. The number of benzene rings is 1. The van der Waals surface area contributed by atoms with Crippen molar-refractivity contribution >= 4 is 17.6 Å². The van der Waals surface area contributed by atoms with Gasteiger partial charge in [-0.05, 0) is 31.0 Å². The van der Waals surface area contributed by atoms with E-state index in [2.05, 4.69) is 15.8 Å². The second-order valence-corrected chi connectivity index (χ2v) is 5.52. The summed E-state index contributed by atoms with van der Waals surface area (Å²) in [6.07, 6.45) is 0. The molecular formula is C16H18FN3O3. The van der Waals surface area contributed by atoms with E-state index in [4.69, 9.17) is 4.52 Å². The Morgan fingerprint density at radius 1 is 1.26 bits per heavy atom. The third kappa shape index (κ3) is 4.38. The number of amides is 2. The first-order valence-electron chi connectivity index (χ1n) is 7.17. The Labute approximate surface area is 133 Å². The lowest BCUT2D eigenvalue weighted by atomic mass is 10.0. The summed E-state index contributed by atoms with van der Waals surface area (Å²) in [5.74, 6) is -0.780. The van der Waals surface area contributed by atoms with E-state index in [0.29, 0.717) is 5.76 Å². The number of carbonyl (C=O) groups is 2. The van der Waals surface area contributed by atoms with Crippen LogP contribution in [0.2, 0.25) is 0 Å². The number of halogens is 1. The molecule has 0 spiro atoms. The highest BCUT2D eigenvalue weighted by molar-refractivity contribution is 6.00. The van der Waals surface area contributed by atoms with E-state index in [-0.39, 0.29) is 17.3 Å². The van der Waals surface area contributed by atoms with Crippen molar-refractivity contribution in [2.24, 2.45) is 5.92 Å². The number of rotatable bonds is 5. The van der Waals surface area contributed by atoms with E-state index >= 15 is 0 Å². The summed E-state index contributed by atoms with van der Waals surface area (Å²) in [6.45, 7) is 5.29. The average Bonchev–Trinajstić information content (AvgIpc) is 2.89. The van der Waals surface area contributed by atoms with Crippen LogP contribution in [0.3, 0.4) is 0 Å². The lowest BCUT2D eigenvalue weighted by Gasteiger charge is -2.21. The monoisotopic (exact) mass is 319 g/mol. The highest BCUT2D eigenvalue weighted by atomic mass is 19.1. The van der Waals surface area contributed by atoms with Crippen molar-refractivity contribution in [3.8, 4) is 0 Å². The molecule has 23 heavy (non-hydrogen) atoms. The van der Waals surface area contributed by atoms with E-state index in [9.17, 15) is 14.0 Å². The predicted molar refractivity (Wildman–Crippen MR) is 82.4 cm³/mol. The molecule has 0 bridgehead atoms. The van der Waals surface area contributed by atoms with Gasteiger partial charge in [-0.15, -0.1) is 0 Å². The summed E-state index contributed by atoms with van der Waals surface area (Å²) in [5.41, 5.74) is 0.153. The van der Waals surface area contributed by atoms with Gasteiger partial charge in [0.25, 0.3) is 5.91 Å². The van der Waals surface area contributed by atoms with Crippen molar-refractivity contribution in [2.45, 2.75) is 26.8 Å². The Morgan fingerprint density at radius 2 is 2.00 bits per heavy atom. The van der Waals surface area contributed by atoms with Crippen LogP contribution in [0.15, 0.2) is 34.9 Å². The predicted octanol–water partition coefficient (Wildman–Crippen LogP) is 2.52. The Hall–Kier alpha value is -2.70. The van der Waals surface area contributed by atoms with Gasteiger partial charge in [-0.1, -0.05) is 25.1 Å². The van der Waals surface area contributed by atoms with Crippen LogP contribution < -0.4 is 10.6 Å². The quantitative estimate of drug-likeness (QED) is 0.887. The number of hydrogen-bond acceptors (Lipinski definition) is 4. The number of aryl methyl sites for hydroxylation is 1. The number of hydrogen-bond donors (Lipinski definition) is 2. The SMILES string of the molecule is Cc1cc(NC(=O)[C@@H](NC(=O)c2cccc(F)c2)C(C)C)no1. The molecule has 6 nitrogen and oxygen atoms in total. The van der Waals surface area contributed by atoms with Gasteiger partial charge in [0, 0.05) is 11.6 Å². The van der Waals surface area contributed by atoms with E-state index in [0.717, 1.165) is 6.07 Å². The maximum absolute atomic E-state index is 13.2. The molecule has 0 aliphatic heterocycles. The molecule has 0 aliphatic carbocycles. The molecule has 1 atom stereocenters. The van der Waals surface area contributed by atoms with Crippen molar-refractivity contribution in [3.05, 3.63) is 47.5 Å². The Bertz CT molecular complexity index is 712. The fraction of sp³-hybridized carbons (Fsp3) is 0.312. The van der Waals surface area contributed by atoms with Crippen LogP contribution in [0.25, 0.3) is 0 Å². The third-order valence-electron chi connectivity index (χ3n) is 3.20. The van der Waals surface area contributed by atoms with Gasteiger partial charge in [0.15, 0.2) is 5.82 Å². The van der Waals surface area contributed by atoms with Gasteiger partial charge < -0.3 is 15.2 Å². The Balaban J connectivity index is 2.09. The topological polar surface area (TPSA) is 84.2 Å². The fourth-order valence-corrected chi connectivity index (χ4v) is 2.02. The maximum Gasteiger partial charge on any atom is 0.252 e. The van der Waals surface area contributed by atoms with Crippen LogP contribution in [-0.2, 0) is 4.79 Å². The first-order valence-corrected chi connectivity index (χ1v) is 7.17. The zero-order valence-electron chi connectivity index (χ0n) is 13.1. The van der Waals surface area contributed by atoms with E-state index in [1.54, 1.807) is 26.8 Å². The van der Waals surface area contributed by atoms with Crippen LogP contribution in [0, 0.1) is 18.7 Å². The molecule has 0 unspecified atom stereocenters. The minimum atomic E-state index is -0.789. The molecule has 0 fully saturated rings. The van der Waals surface area contributed by atoms with Crippen molar-refractivity contribution in [1.29, 1.82) is 0 Å². The van der Waals surface area contributed by atoms with E-state index in [1.165, 1.54) is 18.2 Å². The second-order valence-electron chi connectivity index (χ2n) is 5.52. The first kappa shape index (κ1) is 16.7. The number of carbonyl (C=O) groups excluding carboxylic acids is 2. The lowest BCUT2D eigenvalue weighted by Crippen LogP contribution is -2.47. The fourth-order valence-electron chi connectivity index (χ4n) is 2.02. The minimum absolute atomic E-state index is 0.153. The standard InChI is InChI=1S/C16H18FN3O3/c1-9(2)14(16(22)18-13-7-10(3)23-20-13)19-15(21)11-5-4-6-12(17)8-11/h4-9,14H,1-3H3,(H,19,21)(H,18,20,22)/t14-/m0/s1. The highest BCUT2D eigenvalue weighted by Crippen LogP contribution is 2.11. The molecule has 122 valence electrons. The summed E-state index contributed by atoms with van der Waals surface area (Å²) >= 11 is 0. The van der Waals surface area contributed by atoms with E-state index < -0.39 is 23.7 Å². The summed E-state index contributed by atoms with van der Waals surface area (Å²) in [5, 5.41) is 8.87. The van der Waals surface area contributed by atoms with Crippen molar-refractivity contribution < 1.29 is 18.5 Å². The number of nitrogens with zero attached hydrogens (tertiary/aromatic N) is 1. The smallest absolute Gasteiger partial charge is 0.252 e. The first-order chi connectivity index (χ1) is 10.9. The van der Waals surface area contributed by atoms with Gasteiger partial charge in [-0.25, -0.2) is 4.39 Å². The van der Waals surface area contributed by atoms with Gasteiger partial charge in [0.2, 0.25) is 5.91 Å². The van der Waals surface area contributed by atoms with Crippen LogP contribution in [0.4, 0.5) is 10.2 Å². The van der Waals surface area contributed by atoms with Gasteiger partial charge in [0.1, 0.15) is 17.6 Å². The number of anilines is 1. The van der Waals surface area contributed by atoms with Crippen LogP contribution in [0.5, 0.6) is 0 Å². The van der Waals surface area contributed by atoms with Gasteiger partial charge >= 0.3 is 0 Å². The molecular weight excluding hydrogens is 301 g/mol. The highest BCUT2D eigenvalue weighted by Gasteiger charge is 2.25. The van der Waals surface area contributed by atoms with Crippen molar-refractivity contribution in [1.82, 2.24) is 10.5 Å². The van der Waals surface area contributed by atoms with Gasteiger partial charge in [0.05, 0.1) is 0 Å². The van der Waals surface area contributed by atoms with Crippen molar-refractivity contribution in [3.63, 3.8) is 0 Å². The van der Waals surface area contributed by atoms with Crippen molar-refractivity contribution in [2.75, 3.05) is 5.32 Å². The number of nitrogens with one attached hydrogen (secondary N) is 2. The molecule has 1 aromatic carbocycles. The van der Waals surface area contributed by atoms with Crippen LogP contribution in [0.1, 0.15) is 30.0 Å². The Kier molecular flexibility index (Phi) is 5.10. The normalized spacial score (nSPS) is 12.0. The zero-order chi connectivity index (χ0) is 17.0. The lowest BCUT2D eigenvalue weighted by molar-refractivity contribution is -0.118. The molecule has 0 radical (unpaired) electrons. The third-order valence-corrected chi connectivity index (χ3v) is 3.20. The second kappa shape index (κ2) is 7.04. The summed E-state index contributed by atoms with van der Waals surface area (Å²) in [4.78, 5) is 24.5. The maximum atomic E-state index is 13.2. The molecule has 0 saturated carbocycles. The molecule has 2 aromatic rings. The molecule has 1 aromatic heterocycles. The summed E-state index contributed by atoms with van der Waals surface area (Å²) < 4.78 is 18.1. The van der Waals surface area contributed by atoms with E-state index in [1.807, 2.05) is 0 Å². The molecule has 2 N–H and O–H groups in total. The largest absolute Gasteiger partial charge is 0.360 e. The minimum Gasteiger partial charge on any atom is -0.360 e. The van der Waals surface area contributed by atoms with Gasteiger partial charge in [-0.3, -0.25) is 9.59 Å². The average molecular weight is 319 g/mol. The molecule has 1 heterocycles. The zero-order valence-corrected chi connectivity index (χ0v) is 13.1. The van der Waals surface area contributed by atoms with Crippen LogP contribution >= 0.6 is 0 Å². The molecule has 0 saturated heterocycles. The summed E-state index contributed by atoms with van der Waals surface area (Å²) in [6, 6.07) is 6.07. The molecule has 2 amide bonds. The van der Waals surface area contributed by atoms with Gasteiger partial charge in [-0.2, -0.15) is 0 Å². The summed E-state index contributed by atoms with van der Waals surface area (Å²) in [7, 11) is 0. The Morgan fingerprint density at radius 3 is 2.57 bits per heavy atom. The number of aromatic nitrogens is 1.